The predicted molar refractivity (Wildman–Crippen MR) is 71.6 cm³/mol. The van der Waals surface area contributed by atoms with Crippen LogP contribution in [0, 0.1) is 5.92 Å². The molecule has 1 aromatic rings. The Bertz CT molecular complexity index is 381. The first kappa shape index (κ1) is 14.5. The summed E-state index contributed by atoms with van der Waals surface area (Å²) >= 11 is 0. The summed E-state index contributed by atoms with van der Waals surface area (Å²) in [6, 6.07) is 7.80. The van der Waals surface area contributed by atoms with Crippen LogP contribution in [0.5, 0.6) is 5.75 Å². The van der Waals surface area contributed by atoms with Crippen LogP contribution >= 0.6 is 0 Å². The van der Waals surface area contributed by atoms with Gasteiger partial charge in [-0.2, -0.15) is 0 Å². The molecule has 18 heavy (non-hydrogen) atoms. The van der Waals surface area contributed by atoms with Crippen molar-refractivity contribution < 1.29 is 14.3 Å². The van der Waals surface area contributed by atoms with Crippen molar-refractivity contribution in [3.05, 3.63) is 42.0 Å². The van der Waals surface area contributed by atoms with Crippen molar-refractivity contribution in [3.8, 4) is 5.75 Å². The highest BCUT2D eigenvalue weighted by Crippen LogP contribution is 2.15. The average Bonchev–Trinajstić information content (AvgIpc) is 2.42. The zero-order chi connectivity index (χ0) is 13.4. The summed E-state index contributed by atoms with van der Waals surface area (Å²) in [5.74, 6) is 1.06. The SMILES string of the molecule is COc1ccc(CO[C@H](C)[C@@H](C)/C=C/C=O)cc1. The summed E-state index contributed by atoms with van der Waals surface area (Å²) in [5, 5.41) is 0. The van der Waals surface area contributed by atoms with E-state index in [0.29, 0.717) is 6.61 Å². The van der Waals surface area contributed by atoms with Gasteiger partial charge in [-0.1, -0.05) is 25.1 Å². The Morgan fingerprint density at radius 2 is 1.89 bits per heavy atom. The summed E-state index contributed by atoms with van der Waals surface area (Å²) in [6.07, 6.45) is 4.22. The van der Waals surface area contributed by atoms with Gasteiger partial charge in [-0.25, -0.2) is 0 Å². The van der Waals surface area contributed by atoms with Gasteiger partial charge in [0.15, 0.2) is 0 Å². The number of hydrogen-bond donors (Lipinski definition) is 0. The van der Waals surface area contributed by atoms with Crippen molar-refractivity contribution in [2.45, 2.75) is 26.6 Å². The number of allylic oxidation sites excluding steroid dienone is 1. The molecule has 3 heteroatoms. The molecule has 3 nitrogen and oxygen atoms in total. The van der Waals surface area contributed by atoms with Gasteiger partial charge in [0, 0.05) is 5.92 Å². The number of carbonyl (C=O) groups excluding carboxylic acids is 1. The van der Waals surface area contributed by atoms with Gasteiger partial charge >= 0.3 is 0 Å². The van der Waals surface area contributed by atoms with Crippen molar-refractivity contribution in [3.63, 3.8) is 0 Å². The third kappa shape index (κ3) is 4.72. The maximum atomic E-state index is 10.2. The molecule has 0 saturated heterocycles. The van der Waals surface area contributed by atoms with Crippen LogP contribution in [0.25, 0.3) is 0 Å². The Hall–Kier alpha value is -1.61. The molecule has 0 radical (unpaired) electrons. The summed E-state index contributed by atoms with van der Waals surface area (Å²) in [5.41, 5.74) is 1.11. The number of benzene rings is 1. The number of aldehydes is 1. The van der Waals surface area contributed by atoms with Crippen LogP contribution in [0.4, 0.5) is 0 Å². The first-order chi connectivity index (χ1) is 8.67. The van der Waals surface area contributed by atoms with E-state index in [9.17, 15) is 4.79 Å². The molecule has 0 saturated carbocycles. The second kappa shape index (κ2) is 7.67. The van der Waals surface area contributed by atoms with E-state index < -0.39 is 0 Å². The summed E-state index contributed by atoms with van der Waals surface area (Å²) in [7, 11) is 1.65. The molecule has 1 rings (SSSR count). The molecular formula is C15H20O3. The topological polar surface area (TPSA) is 35.5 Å². The van der Waals surface area contributed by atoms with Gasteiger partial charge in [-0.05, 0) is 30.7 Å². The third-order valence-electron chi connectivity index (χ3n) is 2.91. The van der Waals surface area contributed by atoms with Crippen LogP contribution < -0.4 is 4.74 Å². The van der Waals surface area contributed by atoms with Crippen LogP contribution in [-0.2, 0) is 16.1 Å². The number of ether oxygens (including phenoxy) is 2. The standard InChI is InChI=1S/C15H20O3/c1-12(5-4-10-16)13(2)18-11-14-6-8-15(17-3)9-7-14/h4-10,12-13H,11H2,1-3H3/b5-4+/t12-,13+/m0/s1. The molecule has 0 unspecified atom stereocenters. The Labute approximate surface area is 108 Å². The largest absolute Gasteiger partial charge is 0.497 e. The molecule has 0 aliphatic rings. The lowest BCUT2D eigenvalue weighted by Gasteiger charge is -2.17. The summed E-state index contributed by atoms with van der Waals surface area (Å²) in [4.78, 5) is 10.2. The minimum Gasteiger partial charge on any atom is -0.497 e. The van der Waals surface area contributed by atoms with E-state index >= 15 is 0 Å². The maximum Gasteiger partial charge on any atom is 0.142 e. The van der Waals surface area contributed by atoms with E-state index in [0.717, 1.165) is 17.6 Å². The lowest BCUT2D eigenvalue weighted by molar-refractivity contribution is -0.104. The van der Waals surface area contributed by atoms with Gasteiger partial charge in [0.2, 0.25) is 0 Å². The molecule has 1 aromatic carbocycles. The lowest BCUT2D eigenvalue weighted by atomic mass is 10.1. The average molecular weight is 248 g/mol. The van der Waals surface area contributed by atoms with Crippen molar-refractivity contribution in [2.75, 3.05) is 7.11 Å². The van der Waals surface area contributed by atoms with Gasteiger partial charge < -0.3 is 9.47 Å². The number of hydrogen-bond acceptors (Lipinski definition) is 3. The highest BCUT2D eigenvalue weighted by atomic mass is 16.5. The van der Waals surface area contributed by atoms with Gasteiger partial charge in [0.25, 0.3) is 0 Å². The minimum absolute atomic E-state index is 0.0725. The monoisotopic (exact) mass is 248 g/mol. The highest BCUT2D eigenvalue weighted by molar-refractivity contribution is 5.64. The summed E-state index contributed by atoms with van der Waals surface area (Å²) in [6.45, 7) is 4.59. The molecule has 0 spiro atoms. The fourth-order valence-electron chi connectivity index (χ4n) is 1.48. The smallest absolute Gasteiger partial charge is 0.142 e. The maximum absolute atomic E-state index is 10.2. The first-order valence-corrected chi connectivity index (χ1v) is 6.04. The second-order valence-electron chi connectivity index (χ2n) is 4.24. The zero-order valence-electron chi connectivity index (χ0n) is 11.1. The van der Waals surface area contributed by atoms with Gasteiger partial charge in [0.1, 0.15) is 12.0 Å². The normalized spacial score (nSPS) is 14.4. The van der Waals surface area contributed by atoms with E-state index in [1.807, 2.05) is 44.2 Å². The first-order valence-electron chi connectivity index (χ1n) is 6.04. The fraction of sp³-hybridized carbons (Fsp3) is 0.400. The Morgan fingerprint density at radius 1 is 1.22 bits per heavy atom. The van der Waals surface area contributed by atoms with Crippen LogP contribution in [0.1, 0.15) is 19.4 Å². The molecule has 0 fully saturated rings. The summed E-state index contributed by atoms with van der Waals surface area (Å²) < 4.78 is 10.8. The van der Waals surface area contributed by atoms with Crippen molar-refractivity contribution in [1.82, 2.24) is 0 Å². The fourth-order valence-corrected chi connectivity index (χ4v) is 1.48. The zero-order valence-corrected chi connectivity index (χ0v) is 11.1. The second-order valence-corrected chi connectivity index (χ2v) is 4.24. The Morgan fingerprint density at radius 3 is 2.44 bits per heavy atom. The van der Waals surface area contributed by atoms with E-state index in [1.54, 1.807) is 7.11 Å². The van der Waals surface area contributed by atoms with E-state index in [4.69, 9.17) is 9.47 Å². The number of rotatable bonds is 7. The lowest BCUT2D eigenvalue weighted by Crippen LogP contribution is -2.16. The molecular weight excluding hydrogens is 228 g/mol. The van der Waals surface area contributed by atoms with Gasteiger partial charge in [-0.3, -0.25) is 4.79 Å². The highest BCUT2D eigenvalue weighted by Gasteiger charge is 2.09. The molecule has 0 heterocycles. The molecule has 0 aliphatic carbocycles. The predicted octanol–water partition coefficient (Wildman–Crippen LogP) is 2.99. The van der Waals surface area contributed by atoms with Crippen LogP contribution in [-0.4, -0.2) is 19.5 Å². The Kier molecular flexibility index (Phi) is 6.15. The van der Waals surface area contributed by atoms with Gasteiger partial charge in [0.05, 0.1) is 19.8 Å². The molecule has 98 valence electrons. The van der Waals surface area contributed by atoms with Crippen LogP contribution in [0.2, 0.25) is 0 Å². The Balaban J connectivity index is 2.43. The quantitative estimate of drug-likeness (QED) is 0.549. The molecule has 0 aliphatic heterocycles. The van der Waals surface area contributed by atoms with Crippen LogP contribution in [0.15, 0.2) is 36.4 Å². The van der Waals surface area contributed by atoms with Gasteiger partial charge in [-0.15, -0.1) is 0 Å². The molecule has 0 amide bonds. The van der Waals surface area contributed by atoms with E-state index in [1.165, 1.54) is 6.08 Å². The number of carbonyl (C=O) groups is 1. The molecule has 0 bridgehead atoms. The minimum atomic E-state index is 0.0725. The van der Waals surface area contributed by atoms with Crippen molar-refractivity contribution in [1.29, 1.82) is 0 Å². The van der Waals surface area contributed by atoms with Crippen molar-refractivity contribution in [2.24, 2.45) is 5.92 Å². The molecule has 0 aromatic heterocycles. The number of methoxy groups -OCH3 is 1. The molecule has 0 N–H and O–H groups in total. The molecule has 2 atom stereocenters. The van der Waals surface area contributed by atoms with Crippen LogP contribution in [0.3, 0.4) is 0 Å². The van der Waals surface area contributed by atoms with E-state index in [-0.39, 0.29) is 12.0 Å². The third-order valence-corrected chi connectivity index (χ3v) is 2.91. The van der Waals surface area contributed by atoms with Crippen molar-refractivity contribution >= 4 is 6.29 Å². The van der Waals surface area contributed by atoms with E-state index in [2.05, 4.69) is 0 Å².